The van der Waals surface area contributed by atoms with Crippen LogP contribution in [0.4, 0.5) is 11.4 Å². The van der Waals surface area contributed by atoms with E-state index < -0.39 is 0 Å². The molecule has 3 N–H and O–H groups in total. The van der Waals surface area contributed by atoms with Gasteiger partial charge in [-0.15, -0.1) is 0 Å². The van der Waals surface area contributed by atoms with E-state index in [1.165, 1.54) is 0 Å². The van der Waals surface area contributed by atoms with Crippen LogP contribution in [-0.2, 0) is 10.5 Å². The van der Waals surface area contributed by atoms with Gasteiger partial charge in [0, 0.05) is 35.8 Å². The van der Waals surface area contributed by atoms with Crippen molar-refractivity contribution in [2.45, 2.75) is 10.9 Å². The molecule has 0 saturated carbocycles. The summed E-state index contributed by atoms with van der Waals surface area (Å²) >= 11 is 1.63. The van der Waals surface area contributed by atoms with Gasteiger partial charge in [-0.05, 0) is 54.1 Å². The molecular weight excluding hydrogens is 434 g/mol. The second kappa shape index (κ2) is 9.38. The summed E-state index contributed by atoms with van der Waals surface area (Å²) in [5.41, 5.74) is 5.39. The highest BCUT2D eigenvalue weighted by atomic mass is 32.2. The summed E-state index contributed by atoms with van der Waals surface area (Å²) in [7, 11) is 0. The standard InChI is InChI=1S/C25H23N5O2S/c31-23-15-30(14-13-26-23)20-11-9-19(10-12-20)27-24(32)18-7-5-17(6-8-18)16-33-25-28-21-3-1-2-4-22(21)29-25/h1-12H,13-16H2,(H,26,31)(H,27,32)(H,28,29). The fourth-order valence-electron chi connectivity index (χ4n) is 3.72. The van der Waals surface area contributed by atoms with Gasteiger partial charge in [-0.25, -0.2) is 4.98 Å². The van der Waals surface area contributed by atoms with Gasteiger partial charge in [0.25, 0.3) is 5.91 Å². The number of nitrogens with one attached hydrogen (secondary N) is 3. The topological polar surface area (TPSA) is 90.1 Å². The number of piperazine rings is 1. The van der Waals surface area contributed by atoms with Crippen LogP contribution in [0.15, 0.2) is 78.0 Å². The summed E-state index contributed by atoms with van der Waals surface area (Å²) in [6.45, 7) is 1.77. The Kier molecular flexibility index (Phi) is 5.99. The summed E-state index contributed by atoms with van der Waals surface area (Å²) < 4.78 is 0. The molecule has 1 fully saturated rings. The Balaban J connectivity index is 1.16. The van der Waals surface area contributed by atoms with Crippen LogP contribution in [0.25, 0.3) is 11.0 Å². The Morgan fingerprint density at radius 1 is 1.03 bits per heavy atom. The molecule has 3 aromatic carbocycles. The average Bonchev–Trinajstić information content (AvgIpc) is 3.27. The molecule has 0 aliphatic carbocycles. The van der Waals surface area contributed by atoms with E-state index in [1.807, 2.05) is 77.7 Å². The molecule has 7 nitrogen and oxygen atoms in total. The zero-order valence-corrected chi connectivity index (χ0v) is 18.7. The van der Waals surface area contributed by atoms with E-state index in [-0.39, 0.29) is 11.8 Å². The van der Waals surface area contributed by atoms with Crippen molar-refractivity contribution in [3.63, 3.8) is 0 Å². The number of imidazole rings is 1. The average molecular weight is 458 g/mol. The molecule has 2 amide bonds. The Hall–Kier alpha value is -3.78. The third kappa shape index (κ3) is 5.01. The minimum atomic E-state index is -0.156. The third-order valence-corrected chi connectivity index (χ3v) is 6.43. The van der Waals surface area contributed by atoms with Crippen LogP contribution >= 0.6 is 11.8 Å². The number of nitrogens with zero attached hydrogens (tertiary/aromatic N) is 2. The van der Waals surface area contributed by atoms with Crippen molar-refractivity contribution < 1.29 is 9.59 Å². The molecule has 0 bridgehead atoms. The van der Waals surface area contributed by atoms with Crippen LogP contribution in [0.3, 0.4) is 0 Å². The van der Waals surface area contributed by atoms with E-state index in [1.54, 1.807) is 11.8 Å². The first-order chi connectivity index (χ1) is 16.1. The molecule has 1 aliphatic heterocycles. The number of amides is 2. The van der Waals surface area contributed by atoms with Crippen molar-refractivity contribution in [1.29, 1.82) is 0 Å². The van der Waals surface area contributed by atoms with E-state index in [2.05, 4.69) is 20.6 Å². The van der Waals surface area contributed by atoms with Crippen LogP contribution in [0, 0.1) is 0 Å². The Bertz CT molecular complexity index is 1250. The lowest BCUT2D eigenvalue weighted by molar-refractivity contribution is -0.120. The minimum absolute atomic E-state index is 0.0260. The van der Waals surface area contributed by atoms with Crippen LogP contribution in [-0.4, -0.2) is 41.4 Å². The summed E-state index contributed by atoms with van der Waals surface area (Å²) in [5, 5.41) is 6.63. The van der Waals surface area contributed by atoms with Gasteiger partial charge in [-0.3, -0.25) is 9.59 Å². The Morgan fingerprint density at radius 3 is 2.58 bits per heavy atom. The predicted octanol–water partition coefficient (Wildman–Crippen LogP) is 4.04. The SMILES string of the molecule is O=C1CN(c2ccc(NC(=O)c3ccc(CSc4nc5ccccc5[nH]4)cc3)cc2)CCN1. The molecule has 0 radical (unpaired) electrons. The van der Waals surface area contributed by atoms with Crippen molar-refractivity contribution in [3.8, 4) is 0 Å². The maximum atomic E-state index is 12.6. The maximum Gasteiger partial charge on any atom is 0.255 e. The molecule has 4 aromatic rings. The first kappa shape index (κ1) is 21.1. The van der Waals surface area contributed by atoms with E-state index in [4.69, 9.17) is 0 Å². The number of aromatic amines is 1. The van der Waals surface area contributed by atoms with Crippen LogP contribution in [0.2, 0.25) is 0 Å². The highest BCUT2D eigenvalue weighted by molar-refractivity contribution is 7.98. The molecule has 0 unspecified atom stereocenters. The number of benzene rings is 3. The van der Waals surface area contributed by atoms with Crippen LogP contribution in [0.1, 0.15) is 15.9 Å². The van der Waals surface area contributed by atoms with E-state index in [0.717, 1.165) is 45.4 Å². The number of H-pyrrole nitrogens is 1. The van der Waals surface area contributed by atoms with E-state index in [0.29, 0.717) is 18.7 Å². The zero-order chi connectivity index (χ0) is 22.6. The van der Waals surface area contributed by atoms with Gasteiger partial charge in [0.2, 0.25) is 5.91 Å². The first-order valence-electron chi connectivity index (χ1n) is 10.7. The van der Waals surface area contributed by atoms with Gasteiger partial charge in [0.1, 0.15) is 0 Å². The lowest BCUT2D eigenvalue weighted by Gasteiger charge is -2.28. The van der Waals surface area contributed by atoms with Gasteiger partial charge < -0.3 is 20.5 Å². The van der Waals surface area contributed by atoms with Crippen molar-refractivity contribution in [3.05, 3.63) is 83.9 Å². The van der Waals surface area contributed by atoms with Gasteiger partial charge >= 0.3 is 0 Å². The number of hydrogen-bond donors (Lipinski definition) is 3. The summed E-state index contributed by atoms with van der Waals surface area (Å²) in [6, 6.07) is 23.1. The maximum absolute atomic E-state index is 12.6. The largest absolute Gasteiger partial charge is 0.360 e. The lowest BCUT2D eigenvalue weighted by atomic mass is 10.1. The summed E-state index contributed by atoms with van der Waals surface area (Å²) in [5.74, 6) is 0.632. The molecule has 1 aliphatic rings. The molecule has 2 heterocycles. The number of thioether (sulfide) groups is 1. The Labute approximate surface area is 195 Å². The first-order valence-corrected chi connectivity index (χ1v) is 11.7. The van der Waals surface area contributed by atoms with Gasteiger partial charge in [0.05, 0.1) is 17.6 Å². The number of para-hydroxylation sites is 2. The minimum Gasteiger partial charge on any atom is -0.360 e. The number of fused-ring (bicyclic) bond motifs is 1. The molecule has 1 saturated heterocycles. The van der Waals surface area contributed by atoms with Crippen molar-refractivity contribution >= 4 is 46.0 Å². The molecule has 0 spiro atoms. The number of carbonyl (C=O) groups is 2. The van der Waals surface area contributed by atoms with Gasteiger partial charge in [0.15, 0.2) is 5.16 Å². The number of hydrogen-bond acceptors (Lipinski definition) is 5. The second-order valence-corrected chi connectivity index (χ2v) is 8.78. The molecule has 5 rings (SSSR count). The number of rotatable bonds is 6. The molecule has 0 atom stereocenters. The summed E-state index contributed by atoms with van der Waals surface area (Å²) in [4.78, 5) is 34.1. The summed E-state index contributed by atoms with van der Waals surface area (Å²) in [6.07, 6.45) is 0. The zero-order valence-electron chi connectivity index (χ0n) is 17.9. The van der Waals surface area contributed by atoms with Crippen molar-refractivity contribution in [1.82, 2.24) is 15.3 Å². The fraction of sp³-hybridized carbons (Fsp3) is 0.160. The quantitative estimate of drug-likeness (QED) is 0.380. The highest BCUT2D eigenvalue weighted by Gasteiger charge is 2.16. The number of carbonyl (C=O) groups excluding carboxylic acids is 2. The molecular formula is C25H23N5O2S. The van der Waals surface area contributed by atoms with Gasteiger partial charge in [-0.2, -0.15) is 0 Å². The van der Waals surface area contributed by atoms with E-state index >= 15 is 0 Å². The highest BCUT2D eigenvalue weighted by Crippen LogP contribution is 2.23. The normalized spacial score (nSPS) is 13.7. The number of aromatic nitrogens is 2. The number of anilines is 2. The van der Waals surface area contributed by atoms with Crippen molar-refractivity contribution in [2.24, 2.45) is 0 Å². The molecule has 1 aromatic heterocycles. The Morgan fingerprint density at radius 2 is 1.82 bits per heavy atom. The molecule has 8 heteroatoms. The third-order valence-electron chi connectivity index (χ3n) is 5.49. The fourth-order valence-corrected chi connectivity index (χ4v) is 4.56. The molecule has 33 heavy (non-hydrogen) atoms. The van der Waals surface area contributed by atoms with Crippen LogP contribution < -0.4 is 15.5 Å². The lowest BCUT2D eigenvalue weighted by Crippen LogP contribution is -2.47. The van der Waals surface area contributed by atoms with Crippen LogP contribution in [0.5, 0.6) is 0 Å². The van der Waals surface area contributed by atoms with Gasteiger partial charge in [-0.1, -0.05) is 36.0 Å². The van der Waals surface area contributed by atoms with Crippen molar-refractivity contribution in [2.75, 3.05) is 29.9 Å². The predicted molar refractivity (Wildman–Crippen MR) is 132 cm³/mol. The molecule has 166 valence electrons. The van der Waals surface area contributed by atoms with E-state index in [9.17, 15) is 9.59 Å². The smallest absolute Gasteiger partial charge is 0.255 e. The second-order valence-electron chi connectivity index (χ2n) is 7.82. The monoisotopic (exact) mass is 457 g/mol.